The Bertz CT molecular complexity index is 1670. The Hall–Kier alpha value is -4.32. The first-order valence-corrected chi connectivity index (χ1v) is 15.1. The van der Waals surface area contributed by atoms with E-state index < -0.39 is 29.2 Å². The molecule has 0 fully saturated rings. The number of rotatable bonds is 13. The first kappa shape index (κ1) is 32.1. The van der Waals surface area contributed by atoms with Crippen LogP contribution in [0.3, 0.4) is 0 Å². The lowest BCUT2D eigenvalue weighted by atomic mass is 9.82. The van der Waals surface area contributed by atoms with Crippen LogP contribution in [0, 0.1) is 11.6 Å². The fourth-order valence-electron chi connectivity index (χ4n) is 5.00. The van der Waals surface area contributed by atoms with Gasteiger partial charge in [0.15, 0.2) is 23.3 Å². The van der Waals surface area contributed by atoms with Gasteiger partial charge in [-0.05, 0) is 71.3 Å². The van der Waals surface area contributed by atoms with Crippen LogP contribution in [0.1, 0.15) is 34.8 Å². The molecule has 0 aliphatic carbocycles. The molecule has 2 atom stereocenters. The molecule has 5 rings (SSSR count). The number of methoxy groups -OCH3 is 1. The van der Waals surface area contributed by atoms with Crippen molar-refractivity contribution >= 4 is 27.7 Å². The van der Waals surface area contributed by atoms with Crippen LogP contribution in [0.25, 0.3) is 0 Å². The van der Waals surface area contributed by atoms with E-state index in [1.165, 1.54) is 6.07 Å². The minimum absolute atomic E-state index is 0.0334. The predicted octanol–water partition coefficient (Wildman–Crippen LogP) is 5.82. The number of nitrogens with one attached hydrogen (secondary N) is 2. The molecule has 0 bridgehead atoms. The number of nitrogens with zero attached hydrogens (tertiary/aromatic N) is 1. The van der Waals surface area contributed by atoms with E-state index >= 15 is 0 Å². The van der Waals surface area contributed by atoms with Crippen LogP contribution in [0.15, 0.2) is 100 Å². The lowest BCUT2D eigenvalue weighted by molar-refractivity contribution is -0.130. The molecule has 1 amide bonds. The molecule has 45 heavy (non-hydrogen) atoms. The van der Waals surface area contributed by atoms with Gasteiger partial charge in [-0.3, -0.25) is 10.2 Å². The number of aliphatic hydroxyl groups is 1. The molecule has 1 heterocycles. The number of aliphatic imine (C=N–C) groups is 1. The van der Waals surface area contributed by atoms with Crippen LogP contribution in [-0.4, -0.2) is 42.8 Å². The summed E-state index contributed by atoms with van der Waals surface area (Å²) < 4.78 is 45.7. The zero-order valence-electron chi connectivity index (χ0n) is 24.4. The summed E-state index contributed by atoms with van der Waals surface area (Å²) in [5.41, 5.74) is 6.64. The minimum atomic E-state index is -1.51. The fraction of sp³-hybridized carbons (Fsp3) is 0.235. The Kier molecular flexibility index (Phi) is 10.4. The highest BCUT2D eigenvalue weighted by atomic mass is 79.9. The number of carbonyl (C=O) groups excluding carboxylic acids is 1. The maximum absolute atomic E-state index is 14.3. The minimum Gasteiger partial charge on any atom is -0.497 e. The van der Waals surface area contributed by atoms with Gasteiger partial charge in [-0.15, -0.1) is 0 Å². The molecule has 0 unspecified atom stereocenters. The molecule has 0 spiro atoms. The summed E-state index contributed by atoms with van der Waals surface area (Å²) in [6, 6.07) is 25.5. The summed E-state index contributed by atoms with van der Waals surface area (Å²) in [7, 11) is 1.56. The van der Waals surface area contributed by atoms with E-state index in [2.05, 4.69) is 26.8 Å². The number of halogens is 3. The molecule has 0 saturated carbocycles. The zero-order chi connectivity index (χ0) is 31.8. The number of carbonyl (C=O) groups is 1. The Balaban J connectivity index is 1.53. The summed E-state index contributed by atoms with van der Waals surface area (Å²) in [4.78, 5) is 19.3. The number of benzene rings is 4. The molecule has 8 nitrogen and oxygen atoms in total. The summed E-state index contributed by atoms with van der Waals surface area (Å²) >= 11 is 3.61. The van der Waals surface area contributed by atoms with Gasteiger partial charge in [0, 0.05) is 36.0 Å². The largest absolute Gasteiger partial charge is 0.497 e. The molecule has 0 aromatic heterocycles. The van der Waals surface area contributed by atoms with E-state index in [9.17, 15) is 13.6 Å². The summed E-state index contributed by atoms with van der Waals surface area (Å²) in [5, 5.41) is 9.04. The van der Waals surface area contributed by atoms with Gasteiger partial charge in [-0.25, -0.2) is 19.2 Å². The highest BCUT2D eigenvalue weighted by Crippen LogP contribution is 2.44. The Labute approximate surface area is 268 Å². The smallest absolute Gasteiger partial charge is 0.266 e. The van der Waals surface area contributed by atoms with Crippen LogP contribution in [0.5, 0.6) is 11.5 Å². The SMILES string of the molecule is COc1cccc([C@@H]2OC(c3ccc(OCCCO)cc3)=N[C@]2(Cc2ccccc2Br)C(=O)NNCc2ccc(F)c(F)c2)c1. The molecule has 11 heteroatoms. The van der Waals surface area contributed by atoms with Gasteiger partial charge >= 0.3 is 0 Å². The second-order valence-corrected chi connectivity index (χ2v) is 11.2. The van der Waals surface area contributed by atoms with Crippen molar-refractivity contribution in [2.75, 3.05) is 20.3 Å². The maximum atomic E-state index is 14.3. The van der Waals surface area contributed by atoms with Crippen molar-refractivity contribution in [2.24, 2.45) is 4.99 Å². The van der Waals surface area contributed by atoms with Crippen LogP contribution < -0.4 is 20.3 Å². The van der Waals surface area contributed by atoms with Crippen LogP contribution in [0.2, 0.25) is 0 Å². The molecule has 234 valence electrons. The number of aliphatic hydroxyl groups excluding tert-OH is 1. The first-order valence-electron chi connectivity index (χ1n) is 14.3. The van der Waals surface area contributed by atoms with Gasteiger partial charge in [0.1, 0.15) is 11.5 Å². The standard InChI is InChI=1S/C34H32BrF2N3O5/c1-43-27-8-4-7-24(19-27)31-34(20-25-6-2-3-9-28(25)35,33(42)40-38-21-22-10-15-29(36)30(37)18-22)39-32(45-31)23-11-13-26(14-12-23)44-17-5-16-41/h2-4,6-15,18-19,31,38,41H,5,16-17,20-21H2,1H3,(H,40,42)/t31-,34-/m0/s1. The number of ether oxygens (including phenoxy) is 3. The summed E-state index contributed by atoms with van der Waals surface area (Å²) in [6.07, 6.45) is -0.211. The second-order valence-electron chi connectivity index (χ2n) is 10.4. The van der Waals surface area contributed by atoms with E-state index in [1.807, 2.05) is 36.4 Å². The van der Waals surface area contributed by atoms with E-state index in [0.717, 1.165) is 22.2 Å². The molecule has 1 aliphatic rings. The van der Waals surface area contributed by atoms with Gasteiger partial charge in [-0.1, -0.05) is 52.3 Å². The molecule has 1 aliphatic heterocycles. The molecule has 3 N–H and O–H groups in total. The lowest BCUT2D eigenvalue weighted by Crippen LogP contribution is -2.53. The van der Waals surface area contributed by atoms with Crippen molar-refractivity contribution < 1.29 is 32.9 Å². The Morgan fingerprint density at radius 1 is 1.00 bits per heavy atom. The molecule has 0 saturated heterocycles. The highest BCUT2D eigenvalue weighted by molar-refractivity contribution is 9.10. The Morgan fingerprint density at radius 3 is 2.53 bits per heavy atom. The van der Waals surface area contributed by atoms with Gasteiger partial charge in [0.25, 0.3) is 5.91 Å². The van der Waals surface area contributed by atoms with Crippen LogP contribution in [0.4, 0.5) is 8.78 Å². The lowest BCUT2D eigenvalue weighted by Gasteiger charge is -2.31. The van der Waals surface area contributed by atoms with Crippen molar-refractivity contribution in [3.63, 3.8) is 0 Å². The van der Waals surface area contributed by atoms with Crippen molar-refractivity contribution in [1.82, 2.24) is 10.9 Å². The normalized spacial score (nSPS) is 17.4. The Morgan fingerprint density at radius 2 is 1.80 bits per heavy atom. The van der Waals surface area contributed by atoms with Crippen molar-refractivity contribution in [1.29, 1.82) is 0 Å². The summed E-state index contributed by atoms with van der Waals surface area (Å²) in [5.74, 6) is -0.965. The maximum Gasteiger partial charge on any atom is 0.266 e. The van der Waals surface area contributed by atoms with Gasteiger partial charge in [0.05, 0.1) is 13.7 Å². The van der Waals surface area contributed by atoms with Crippen molar-refractivity contribution in [2.45, 2.75) is 31.0 Å². The molecular formula is C34H32BrF2N3O5. The second kappa shape index (κ2) is 14.6. The monoisotopic (exact) mass is 679 g/mol. The quantitative estimate of drug-likeness (QED) is 0.122. The third-order valence-electron chi connectivity index (χ3n) is 7.32. The van der Waals surface area contributed by atoms with E-state index in [4.69, 9.17) is 24.3 Å². The fourth-order valence-corrected chi connectivity index (χ4v) is 5.43. The zero-order valence-corrected chi connectivity index (χ0v) is 26.0. The van der Waals surface area contributed by atoms with Crippen LogP contribution in [-0.2, 0) is 22.5 Å². The average Bonchev–Trinajstić information content (AvgIpc) is 3.45. The first-order chi connectivity index (χ1) is 21.8. The summed E-state index contributed by atoms with van der Waals surface area (Å²) in [6.45, 7) is 0.441. The van der Waals surface area contributed by atoms with Gasteiger partial charge in [0.2, 0.25) is 5.90 Å². The predicted molar refractivity (Wildman–Crippen MR) is 169 cm³/mol. The van der Waals surface area contributed by atoms with E-state index in [1.54, 1.807) is 43.5 Å². The van der Waals surface area contributed by atoms with Gasteiger partial charge in [-0.2, -0.15) is 0 Å². The van der Waals surface area contributed by atoms with E-state index in [0.29, 0.717) is 41.2 Å². The molecule has 0 radical (unpaired) electrons. The van der Waals surface area contributed by atoms with Crippen LogP contribution >= 0.6 is 15.9 Å². The topological polar surface area (TPSA) is 101 Å². The number of hydrogen-bond donors (Lipinski definition) is 3. The third-order valence-corrected chi connectivity index (χ3v) is 8.10. The van der Waals surface area contributed by atoms with E-state index in [-0.39, 0.29) is 25.5 Å². The number of hydrazine groups is 1. The number of amides is 1. The third kappa shape index (κ3) is 7.50. The molecular weight excluding hydrogens is 648 g/mol. The average molecular weight is 681 g/mol. The van der Waals surface area contributed by atoms with Gasteiger partial charge < -0.3 is 19.3 Å². The van der Waals surface area contributed by atoms with Crippen molar-refractivity contribution in [3.8, 4) is 11.5 Å². The number of hydrogen-bond acceptors (Lipinski definition) is 7. The highest BCUT2D eigenvalue weighted by Gasteiger charge is 2.53. The van der Waals surface area contributed by atoms with Crippen molar-refractivity contribution in [3.05, 3.63) is 129 Å². The molecule has 4 aromatic rings. The molecule has 4 aromatic carbocycles.